The maximum absolute atomic E-state index is 11.6. The van der Waals surface area contributed by atoms with E-state index in [9.17, 15) is 9.59 Å². The Morgan fingerprint density at radius 1 is 1.47 bits per heavy atom. The monoisotopic (exact) mass is 348 g/mol. The molecular formula is C12H14BrClN2O3. The number of carboxylic acid groups (broad SMARTS) is 1. The summed E-state index contributed by atoms with van der Waals surface area (Å²) in [7, 11) is 0. The molecule has 1 aromatic carbocycles. The predicted octanol–water partition coefficient (Wildman–Crippen LogP) is 3.33. The highest BCUT2D eigenvalue weighted by molar-refractivity contribution is 9.10. The molecule has 0 aliphatic rings. The second-order valence-electron chi connectivity index (χ2n) is 4.17. The first-order chi connectivity index (χ1) is 8.88. The second-order valence-corrected chi connectivity index (χ2v) is 5.43. The van der Waals surface area contributed by atoms with Crippen molar-refractivity contribution in [1.82, 2.24) is 5.32 Å². The van der Waals surface area contributed by atoms with Crippen molar-refractivity contribution in [1.29, 1.82) is 0 Å². The molecular weight excluding hydrogens is 336 g/mol. The molecule has 0 aromatic heterocycles. The predicted molar refractivity (Wildman–Crippen MR) is 77.6 cm³/mol. The number of benzene rings is 1. The Morgan fingerprint density at radius 2 is 2.16 bits per heavy atom. The lowest BCUT2D eigenvalue weighted by atomic mass is 10.1. The van der Waals surface area contributed by atoms with Crippen LogP contribution >= 0.6 is 27.5 Å². The van der Waals surface area contributed by atoms with Crippen molar-refractivity contribution in [3.05, 3.63) is 27.7 Å². The Morgan fingerprint density at radius 3 is 2.74 bits per heavy atom. The van der Waals surface area contributed by atoms with E-state index in [4.69, 9.17) is 16.7 Å². The van der Waals surface area contributed by atoms with Crippen molar-refractivity contribution in [3.63, 3.8) is 0 Å². The molecule has 0 spiro atoms. The summed E-state index contributed by atoms with van der Waals surface area (Å²) in [6, 6.07) is 4.64. The number of nitrogens with one attached hydrogen (secondary N) is 2. The SMILES string of the molecule is CC(CNC(=O)Nc1ccc(Cl)c(Br)c1)CC(=O)O. The van der Waals surface area contributed by atoms with E-state index in [0.717, 1.165) is 0 Å². The van der Waals surface area contributed by atoms with E-state index in [-0.39, 0.29) is 18.4 Å². The third kappa shape index (κ3) is 5.94. The fraction of sp³-hybridized carbons (Fsp3) is 0.333. The van der Waals surface area contributed by atoms with Gasteiger partial charge in [-0.1, -0.05) is 18.5 Å². The fourth-order valence-corrected chi connectivity index (χ4v) is 1.88. The number of halogens is 2. The molecule has 0 bridgehead atoms. The highest BCUT2D eigenvalue weighted by Gasteiger charge is 2.09. The van der Waals surface area contributed by atoms with Crippen LogP contribution in [0.3, 0.4) is 0 Å². The van der Waals surface area contributed by atoms with Crippen molar-refractivity contribution in [2.45, 2.75) is 13.3 Å². The fourth-order valence-electron chi connectivity index (χ4n) is 1.39. The van der Waals surface area contributed by atoms with Crippen LogP contribution in [-0.2, 0) is 4.79 Å². The zero-order valence-corrected chi connectivity index (χ0v) is 12.6. The standard InChI is InChI=1S/C12H14BrClN2O3/c1-7(4-11(17)18)6-15-12(19)16-8-2-3-10(14)9(13)5-8/h2-3,5,7H,4,6H2,1H3,(H,17,18)(H2,15,16,19). The van der Waals surface area contributed by atoms with Crippen LogP contribution < -0.4 is 10.6 Å². The van der Waals surface area contributed by atoms with Gasteiger partial charge in [0.2, 0.25) is 0 Å². The Bertz CT molecular complexity index is 482. The van der Waals surface area contributed by atoms with E-state index in [1.54, 1.807) is 25.1 Å². The molecule has 0 aliphatic carbocycles. The molecule has 1 rings (SSSR count). The number of carbonyl (C=O) groups excluding carboxylic acids is 1. The number of carboxylic acids is 1. The maximum Gasteiger partial charge on any atom is 0.319 e. The lowest BCUT2D eigenvalue weighted by Crippen LogP contribution is -2.32. The van der Waals surface area contributed by atoms with Crippen LogP contribution in [0.2, 0.25) is 5.02 Å². The van der Waals surface area contributed by atoms with Crippen molar-refractivity contribution < 1.29 is 14.7 Å². The summed E-state index contributed by atoms with van der Waals surface area (Å²) < 4.78 is 0.686. The molecule has 1 aromatic rings. The first-order valence-electron chi connectivity index (χ1n) is 5.60. The lowest BCUT2D eigenvalue weighted by Gasteiger charge is -2.11. The van der Waals surface area contributed by atoms with Gasteiger partial charge in [-0.15, -0.1) is 0 Å². The number of rotatable bonds is 5. The molecule has 0 saturated carbocycles. The minimum absolute atomic E-state index is 0.0206. The van der Waals surface area contributed by atoms with Crippen molar-refractivity contribution in [3.8, 4) is 0 Å². The highest BCUT2D eigenvalue weighted by Crippen LogP contribution is 2.25. The van der Waals surface area contributed by atoms with Crippen molar-refractivity contribution in [2.24, 2.45) is 5.92 Å². The van der Waals surface area contributed by atoms with Gasteiger partial charge in [0.05, 0.1) is 5.02 Å². The molecule has 0 aliphatic heterocycles. The topological polar surface area (TPSA) is 78.4 Å². The molecule has 2 amide bonds. The summed E-state index contributed by atoms with van der Waals surface area (Å²) in [6.45, 7) is 2.06. The minimum atomic E-state index is -0.878. The smallest absolute Gasteiger partial charge is 0.319 e. The highest BCUT2D eigenvalue weighted by atomic mass is 79.9. The molecule has 1 unspecified atom stereocenters. The van der Waals surface area contributed by atoms with Gasteiger partial charge < -0.3 is 15.7 Å². The minimum Gasteiger partial charge on any atom is -0.481 e. The van der Waals surface area contributed by atoms with Gasteiger partial charge in [0, 0.05) is 23.1 Å². The lowest BCUT2D eigenvalue weighted by molar-refractivity contribution is -0.137. The van der Waals surface area contributed by atoms with Crippen LogP contribution in [0.5, 0.6) is 0 Å². The molecule has 5 nitrogen and oxygen atoms in total. The van der Waals surface area contributed by atoms with Crippen LogP contribution in [0, 0.1) is 5.92 Å². The summed E-state index contributed by atoms with van der Waals surface area (Å²) in [6.07, 6.45) is 0.0206. The number of hydrogen-bond acceptors (Lipinski definition) is 2. The van der Waals surface area contributed by atoms with Crippen LogP contribution in [0.25, 0.3) is 0 Å². The average Bonchev–Trinajstić information content (AvgIpc) is 2.30. The maximum atomic E-state index is 11.6. The third-order valence-corrected chi connectivity index (χ3v) is 3.53. The van der Waals surface area contributed by atoms with Gasteiger partial charge >= 0.3 is 12.0 Å². The number of hydrogen-bond donors (Lipinski definition) is 3. The van der Waals surface area contributed by atoms with Gasteiger partial charge in [0.1, 0.15) is 0 Å². The number of amides is 2. The summed E-state index contributed by atoms with van der Waals surface area (Å²) >= 11 is 9.09. The van der Waals surface area contributed by atoms with Gasteiger partial charge in [-0.2, -0.15) is 0 Å². The van der Waals surface area contributed by atoms with Crippen LogP contribution in [-0.4, -0.2) is 23.7 Å². The van der Waals surface area contributed by atoms with Crippen LogP contribution in [0.1, 0.15) is 13.3 Å². The Balaban J connectivity index is 2.42. The quantitative estimate of drug-likeness (QED) is 0.763. The molecule has 104 valence electrons. The number of urea groups is 1. The summed E-state index contributed by atoms with van der Waals surface area (Å²) in [5, 5.41) is 14.4. The molecule has 0 fully saturated rings. The van der Waals surface area contributed by atoms with Gasteiger partial charge in [-0.3, -0.25) is 4.79 Å². The number of aliphatic carboxylic acids is 1. The Hall–Kier alpha value is -1.27. The largest absolute Gasteiger partial charge is 0.481 e. The first-order valence-corrected chi connectivity index (χ1v) is 6.77. The van der Waals surface area contributed by atoms with E-state index in [1.807, 2.05) is 0 Å². The normalized spacial score (nSPS) is 11.7. The number of carbonyl (C=O) groups is 2. The zero-order chi connectivity index (χ0) is 14.4. The molecule has 19 heavy (non-hydrogen) atoms. The van der Waals surface area contributed by atoms with E-state index in [2.05, 4.69) is 26.6 Å². The molecule has 0 radical (unpaired) electrons. The van der Waals surface area contributed by atoms with Crippen molar-refractivity contribution in [2.75, 3.05) is 11.9 Å². The summed E-state index contributed by atoms with van der Waals surface area (Å²) in [4.78, 5) is 22.0. The molecule has 1 atom stereocenters. The molecule has 3 N–H and O–H groups in total. The third-order valence-electron chi connectivity index (χ3n) is 2.31. The van der Waals surface area contributed by atoms with Gasteiger partial charge in [-0.25, -0.2) is 4.79 Å². The number of anilines is 1. The van der Waals surface area contributed by atoms with Gasteiger partial charge in [0.25, 0.3) is 0 Å². The Labute approximate surface area is 124 Å². The molecule has 0 saturated heterocycles. The van der Waals surface area contributed by atoms with Crippen molar-refractivity contribution >= 4 is 45.2 Å². The first kappa shape index (κ1) is 15.8. The summed E-state index contributed by atoms with van der Waals surface area (Å²) in [5.74, 6) is -1.00. The zero-order valence-electron chi connectivity index (χ0n) is 10.2. The average molecular weight is 350 g/mol. The van der Waals surface area contributed by atoms with Gasteiger partial charge in [-0.05, 0) is 40.0 Å². The Kier molecular flexibility index (Phi) is 6.11. The van der Waals surface area contributed by atoms with E-state index >= 15 is 0 Å². The molecule has 7 heteroatoms. The van der Waals surface area contributed by atoms with E-state index in [0.29, 0.717) is 21.7 Å². The summed E-state index contributed by atoms with van der Waals surface area (Å²) in [5.41, 5.74) is 0.597. The second kappa shape index (κ2) is 7.35. The van der Waals surface area contributed by atoms with Gasteiger partial charge in [0.15, 0.2) is 0 Å². The van der Waals surface area contributed by atoms with Crippen LogP contribution in [0.4, 0.5) is 10.5 Å². The van der Waals surface area contributed by atoms with E-state index in [1.165, 1.54) is 0 Å². The molecule has 0 heterocycles. The van der Waals surface area contributed by atoms with Crippen LogP contribution in [0.15, 0.2) is 22.7 Å². The van der Waals surface area contributed by atoms with E-state index < -0.39 is 5.97 Å².